The molecule has 0 amide bonds. The number of rotatable bonds is 13. The zero-order chi connectivity index (χ0) is 27.7. The van der Waals surface area contributed by atoms with Gasteiger partial charge in [-0.2, -0.15) is 0 Å². The van der Waals surface area contributed by atoms with Crippen LogP contribution in [0, 0.1) is 18.8 Å². The van der Waals surface area contributed by atoms with E-state index in [1.807, 2.05) is 31.2 Å². The molecule has 0 aliphatic rings. The second-order valence-electron chi connectivity index (χ2n) is 9.37. The van der Waals surface area contributed by atoms with Crippen LogP contribution in [0.25, 0.3) is 11.0 Å². The van der Waals surface area contributed by atoms with Crippen LogP contribution in [0.2, 0.25) is 0 Å². The number of benzene rings is 1. The summed E-state index contributed by atoms with van der Waals surface area (Å²) in [6.07, 6.45) is 11.1. The van der Waals surface area contributed by atoms with Crippen LogP contribution in [0.5, 0.6) is 17.2 Å². The molecule has 1 aromatic carbocycles. The normalized spacial score (nSPS) is 15.9. The molecule has 2 rings (SSSR count). The summed E-state index contributed by atoms with van der Waals surface area (Å²) in [7, 11) is 6.31. The van der Waals surface area contributed by atoms with Crippen LogP contribution >= 0.6 is 0 Å². The Morgan fingerprint density at radius 3 is 2.32 bits per heavy atom. The molecule has 37 heavy (non-hydrogen) atoms. The first-order chi connectivity index (χ1) is 17.6. The van der Waals surface area contributed by atoms with Crippen molar-refractivity contribution in [2.75, 3.05) is 28.4 Å². The average Bonchev–Trinajstić information content (AvgIpc) is 2.90. The molecule has 0 saturated heterocycles. The van der Waals surface area contributed by atoms with E-state index in [1.54, 1.807) is 21.1 Å². The van der Waals surface area contributed by atoms with Gasteiger partial charge in [0.05, 0.1) is 26.4 Å². The Hall–Kier alpha value is -3.03. The van der Waals surface area contributed by atoms with E-state index < -0.39 is 0 Å². The van der Waals surface area contributed by atoms with Crippen molar-refractivity contribution < 1.29 is 28.5 Å². The standard InChI is InChI=1S/C30H42O7/c1-10-18(2)13-11-12-14-22(33-6)21(5)29(36-9)19(3)15-16-23-20(4)27(31)26-24(34-7)17-25(35-8)28(32)30(26)37-23/h10-14,17,19,21-22,29,32H,15-16H2,1-9H3/b13-11+,14-12-,18-10+/t19-,21+,22+,29-/m1/s1. The summed E-state index contributed by atoms with van der Waals surface area (Å²) in [5, 5.41) is 10.8. The van der Waals surface area contributed by atoms with E-state index in [0.29, 0.717) is 29.9 Å². The smallest absolute Gasteiger partial charge is 0.202 e. The number of ether oxygens (including phenoxy) is 4. The van der Waals surface area contributed by atoms with Crippen LogP contribution in [0.1, 0.15) is 45.4 Å². The third kappa shape index (κ3) is 7.05. The van der Waals surface area contributed by atoms with Gasteiger partial charge in [0, 0.05) is 38.2 Å². The summed E-state index contributed by atoms with van der Waals surface area (Å²) in [5.41, 5.74) is 1.51. The molecule has 0 aliphatic carbocycles. The van der Waals surface area contributed by atoms with Crippen LogP contribution in [0.3, 0.4) is 0 Å². The van der Waals surface area contributed by atoms with Gasteiger partial charge in [-0.15, -0.1) is 0 Å². The van der Waals surface area contributed by atoms with Crippen molar-refractivity contribution >= 4 is 11.0 Å². The van der Waals surface area contributed by atoms with Crippen molar-refractivity contribution in [1.82, 2.24) is 0 Å². The van der Waals surface area contributed by atoms with E-state index >= 15 is 0 Å². The van der Waals surface area contributed by atoms with Gasteiger partial charge in [0.2, 0.25) is 5.75 Å². The Kier molecular flexibility index (Phi) is 11.5. The van der Waals surface area contributed by atoms with Crippen molar-refractivity contribution in [2.24, 2.45) is 11.8 Å². The summed E-state index contributed by atoms with van der Waals surface area (Å²) >= 11 is 0. The van der Waals surface area contributed by atoms with E-state index in [-0.39, 0.29) is 51.9 Å². The molecule has 0 saturated carbocycles. The van der Waals surface area contributed by atoms with Gasteiger partial charge in [-0.25, -0.2) is 0 Å². The molecule has 0 unspecified atom stereocenters. The summed E-state index contributed by atoms with van der Waals surface area (Å²) in [6, 6.07) is 1.48. The third-order valence-corrected chi connectivity index (χ3v) is 7.03. The number of hydrogen-bond donors (Lipinski definition) is 1. The van der Waals surface area contributed by atoms with Crippen LogP contribution in [0.4, 0.5) is 0 Å². The summed E-state index contributed by atoms with van der Waals surface area (Å²) in [5.74, 6) is 0.995. The molecular formula is C30H42O7. The lowest BCUT2D eigenvalue weighted by Gasteiger charge is -2.32. The number of methoxy groups -OCH3 is 4. The van der Waals surface area contributed by atoms with E-state index in [2.05, 4.69) is 26.8 Å². The fraction of sp³-hybridized carbons (Fsp3) is 0.500. The maximum absolute atomic E-state index is 13.2. The van der Waals surface area contributed by atoms with Gasteiger partial charge in [-0.1, -0.05) is 49.8 Å². The van der Waals surface area contributed by atoms with E-state index in [0.717, 1.165) is 0 Å². The highest BCUT2D eigenvalue weighted by atomic mass is 16.5. The summed E-state index contributed by atoms with van der Waals surface area (Å²) in [4.78, 5) is 13.2. The highest BCUT2D eigenvalue weighted by Crippen LogP contribution is 2.40. The molecule has 0 radical (unpaired) electrons. The highest BCUT2D eigenvalue weighted by molar-refractivity contribution is 5.91. The van der Waals surface area contributed by atoms with Gasteiger partial charge in [-0.05, 0) is 33.1 Å². The number of aromatic hydroxyl groups is 1. The molecule has 1 N–H and O–H groups in total. The van der Waals surface area contributed by atoms with Gasteiger partial charge in [-0.3, -0.25) is 4.79 Å². The molecule has 2 aromatic rings. The molecule has 0 bridgehead atoms. The van der Waals surface area contributed by atoms with Crippen molar-refractivity contribution in [3.8, 4) is 17.2 Å². The SMILES string of the molecule is C/C=C(C)/C=C/C=C\[C@H](OC)[C@H](C)[C@H](OC)[C@H](C)CCc1oc2c(O)c(OC)cc(OC)c2c(=O)c1C. The van der Waals surface area contributed by atoms with Gasteiger partial charge in [0.25, 0.3) is 0 Å². The molecule has 0 fully saturated rings. The zero-order valence-corrected chi connectivity index (χ0v) is 23.6. The number of phenolic OH excluding ortho intramolecular Hbond substituents is 1. The minimum absolute atomic E-state index is 0.0666. The Bertz CT molecular complexity index is 1190. The molecule has 7 heteroatoms. The molecule has 7 nitrogen and oxygen atoms in total. The highest BCUT2D eigenvalue weighted by Gasteiger charge is 2.29. The van der Waals surface area contributed by atoms with Gasteiger partial charge < -0.3 is 28.5 Å². The van der Waals surface area contributed by atoms with Crippen molar-refractivity contribution in [3.05, 3.63) is 63.6 Å². The first-order valence-electron chi connectivity index (χ1n) is 12.6. The lowest BCUT2D eigenvalue weighted by molar-refractivity contribution is -0.0343. The second-order valence-corrected chi connectivity index (χ2v) is 9.37. The predicted molar refractivity (Wildman–Crippen MR) is 148 cm³/mol. The second kappa shape index (κ2) is 14.1. The Balaban J connectivity index is 2.27. The Labute approximate surface area is 220 Å². The molecule has 4 atom stereocenters. The number of aryl methyl sites for hydroxylation is 1. The summed E-state index contributed by atoms with van der Waals surface area (Å²) < 4.78 is 28.3. The third-order valence-electron chi connectivity index (χ3n) is 7.03. The molecule has 1 heterocycles. The molecule has 0 spiro atoms. The van der Waals surface area contributed by atoms with Crippen LogP contribution < -0.4 is 14.9 Å². The number of hydrogen-bond acceptors (Lipinski definition) is 7. The average molecular weight is 515 g/mol. The van der Waals surface area contributed by atoms with Crippen molar-refractivity contribution in [2.45, 2.75) is 59.7 Å². The van der Waals surface area contributed by atoms with Crippen LogP contribution in [0.15, 0.2) is 51.2 Å². The van der Waals surface area contributed by atoms with Crippen LogP contribution in [-0.2, 0) is 15.9 Å². The van der Waals surface area contributed by atoms with E-state index in [9.17, 15) is 9.90 Å². The van der Waals surface area contributed by atoms with Crippen molar-refractivity contribution in [1.29, 1.82) is 0 Å². The first-order valence-corrected chi connectivity index (χ1v) is 12.6. The maximum atomic E-state index is 13.2. The Morgan fingerprint density at radius 1 is 1.08 bits per heavy atom. The predicted octanol–water partition coefficient (Wildman–Crippen LogP) is 6.14. The zero-order valence-electron chi connectivity index (χ0n) is 23.6. The monoisotopic (exact) mass is 514 g/mol. The number of phenols is 1. The van der Waals surface area contributed by atoms with E-state index in [4.69, 9.17) is 23.4 Å². The number of allylic oxidation sites excluding steroid dienone is 5. The molecular weight excluding hydrogens is 472 g/mol. The lowest BCUT2D eigenvalue weighted by atomic mass is 9.85. The Morgan fingerprint density at radius 2 is 1.76 bits per heavy atom. The number of fused-ring (bicyclic) bond motifs is 1. The lowest BCUT2D eigenvalue weighted by Crippen LogP contribution is -2.36. The van der Waals surface area contributed by atoms with Gasteiger partial charge in [0.1, 0.15) is 16.9 Å². The summed E-state index contributed by atoms with van der Waals surface area (Å²) in [6.45, 7) is 10.0. The van der Waals surface area contributed by atoms with Gasteiger partial charge in [0.15, 0.2) is 16.8 Å². The maximum Gasteiger partial charge on any atom is 0.202 e. The van der Waals surface area contributed by atoms with Crippen LogP contribution in [-0.4, -0.2) is 45.8 Å². The molecule has 1 aromatic heterocycles. The molecule has 0 aliphatic heterocycles. The first kappa shape index (κ1) is 30.2. The quantitative estimate of drug-likeness (QED) is 0.321. The van der Waals surface area contributed by atoms with Crippen molar-refractivity contribution in [3.63, 3.8) is 0 Å². The minimum Gasteiger partial charge on any atom is -0.502 e. The minimum atomic E-state index is -0.235. The largest absolute Gasteiger partial charge is 0.502 e. The topological polar surface area (TPSA) is 87.4 Å². The fourth-order valence-electron chi connectivity index (χ4n) is 4.61. The van der Waals surface area contributed by atoms with E-state index in [1.165, 1.54) is 25.9 Å². The van der Waals surface area contributed by atoms with Gasteiger partial charge >= 0.3 is 0 Å². The molecule has 204 valence electrons. The fourth-order valence-corrected chi connectivity index (χ4v) is 4.61.